The van der Waals surface area contributed by atoms with Gasteiger partial charge in [0.05, 0.1) is 36.3 Å². The largest absolute Gasteiger partial charge is 0.392 e. The number of benzene rings is 1. The van der Waals surface area contributed by atoms with Crippen LogP contribution in [0.15, 0.2) is 47.5 Å². The quantitative estimate of drug-likeness (QED) is 0.602. The van der Waals surface area contributed by atoms with E-state index in [1.54, 1.807) is 24.3 Å². The van der Waals surface area contributed by atoms with E-state index in [4.69, 9.17) is 0 Å². The lowest BCUT2D eigenvalue weighted by Crippen LogP contribution is -2.47. The summed E-state index contributed by atoms with van der Waals surface area (Å²) in [6, 6.07) is 9.18. The van der Waals surface area contributed by atoms with Crippen LogP contribution in [-0.4, -0.2) is 49.5 Å². The van der Waals surface area contributed by atoms with Gasteiger partial charge in [0.25, 0.3) is 5.56 Å². The second-order valence-corrected chi connectivity index (χ2v) is 7.44. The summed E-state index contributed by atoms with van der Waals surface area (Å²) in [7, 11) is 0. The number of nitrogens with one attached hydrogen (secondary N) is 1. The van der Waals surface area contributed by atoms with E-state index in [1.165, 1.54) is 23.0 Å². The Bertz CT molecular complexity index is 1070. The van der Waals surface area contributed by atoms with Crippen LogP contribution in [0.5, 0.6) is 0 Å². The molecule has 1 aliphatic rings. The first-order chi connectivity index (χ1) is 14.0. The van der Waals surface area contributed by atoms with Crippen molar-refractivity contribution in [1.82, 2.24) is 19.9 Å². The van der Waals surface area contributed by atoms with Gasteiger partial charge in [-0.15, -0.1) is 0 Å². The molecule has 0 radical (unpaired) electrons. The van der Waals surface area contributed by atoms with Gasteiger partial charge in [0.15, 0.2) is 5.52 Å². The van der Waals surface area contributed by atoms with Gasteiger partial charge >= 0.3 is 0 Å². The minimum Gasteiger partial charge on any atom is -0.392 e. The van der Waals surface area contributed by atoms with Crippen LogP contribution >= 0.6 is 0 Å². The monoisotopic (exact) mass is 398 g/mol. The zero-order chi connectivity index (χ0) is 20.4. The highest BCUT2D eigenvalue weighted by atomic mass is 19.1. The van der Waals surface area contributed by atoms with Gasteiger partial charge in [-0.05, 0) is 50.1 Å². The van der Waals surface area contributed by atoms with Crippen molar-refractivity contribution in [2.45, 2.75) is 44.1 Å². The van der Waals surface area contributed by atoms with Crippen LogP contribution in [0.25, 0.3) is 22.3 Å². The highest BCUT2D eigenvalue weighted by molar-refractivity contribution is 5.76. The van der Waals surface area contributed by atoms with Crippen LogP contribution in [0.3, 0.4) is 0 Å². The van der Waals surface area contributed by atoms with Gasteiger partial charge in [0.1, 0.15) is 5.82 Å². The molecule has 0 bridgehead atoms. The van der Waals surface area contributed by atoms with Crippen LogP contribution < -0.4 is 10.9 Å². The average Bonchev–Trinajstić information content (AvgIpc) is 2.72. The molecule has 0 spiro atoms. The van der Waals surface area contributed by atoms with E-state index in [0.717, 1.165) is 13.0 Å². The summed E-state index contributed by atoms with van der Waals surface area (Å²) in [5, 5.41) is 23.7. The van der Waals surface area contributed by atoms with E-state index >= 15 is 0 Å². The second kappa shape index (κ2) is 8.36. The van der Waals surface area contributed by atoms with Crippen LogP contribution in [0, 0.1) is 5.82 Å². The lowest BCUT2D eigenvalue weighted by molar-refractivity contribution is 0.0539. The molecule has 29 heavy (non-hydrogen) atoms. The van der Waals surface area contributed by atoms with Crippen LogP contribution in [0.1, 0.15) is 19.3 Å². The fraction of sp³-hybridized carbons (Fsp3) is 0.381. The van der Waals surface area contributed by atoms with E-state index in [0.29, 0.717) is 29.6 Å². The third-order valence-corrected chi connectivity index (χ3v) is 5.28. The van der Waals surface area contributed by atoms with Crippen LogP contribution in [0.2, 0.25) is 0 Å². The van der Waals surface area contributed by atoms with E-state index in [1.807, 2.05) is 0 Å². The number of aromatic nitrogens is 3. The Hall–Kier alpha value is -2.68. The molecule has 2 unspecified atom stereocenters. The van der Waals surface area contributed by atoms with Gasteiger partial charge in [-0.1, -0.05) is 12.1 Å². The first-order valence-corrected chi connectivity index (χ1v) is 9.73. The number of fused-ring (bicyclic) bond motifs is 1. The molecule has 3 atom stereocenters. The first kappa shape index (κ1) is 19.6. The molecular weight excluding hydrogens is 375 g/mol. The first-order valence-electron chi connectivity index (χ1n) is 9.73. The highest BCUT2D eigenvalue weighted by Gasteiger charge is 2.25. The van der Waals surface area contributed by atoms with Crippen molar-refractivity contribution in [2.24, 2.45) is 0 Å². The summed E-state index contributed by atoms with van der Waals surface area (Å²) in [6.07, 6.45) is 2.02. The molecule has 2 aromatic heterocycles. The molecule has 152 valence electrons. The minimum atomic E-state index is -0.816. The average molecular weight is 398 g/mol. The van der Waals surface area contributed by atoms with Crippen molar-refractivity contribution in [3.8, 4) is 11.3 Å². The summed E-state index contributed by atoms with van der Waals surface area (Å²) in [6.45, 7) is 0.858. The predicted octanol–water partition coefficient (Wildman–Crippen LogP) is 1.46. The molecule has 3 N–H and O–H groups in total. The molecule has 1 fully saturated rings. The number of hydrogen-bond donors (Lipinski definition) is 3. The van der Waals surface area contributed by atoms with E-state index < -0.39 is 12.2 Å². The smallest absolute Gasteiger partial charge is 0.279 e. The lowest BCUT2D eigenvalue weighted by atomic mass is 9.96. The maximum absolute atomic E-state index is 13.5. The Morgan fingerprint density at radius 2 is 2.17 bits per heavy atom. The normalized spacial score (nSPS) is 20.7. The Kier molecular flexibility index (Phi) is 5.66. The third-order valence-electron chi connectivity index (χ3n) is 5.28. The third kappa shape index (κ3) is 4.34. The van der Waals surface area contributed by atoms with Crippen molar-refractivity contribution in [1.29, 1.82) is 0 Å². The topological polar surface area (TPSA) is 100 Å². The number of nitrogens with zero attached hydrogens (tertiary/aromatic N) is 3. The fourth-order valence-electron chi connectivity index (χ4n) is 3.74. The molecule has 3 heterocycles. The minimum absolute atomic E-state index is 0.0541. The zero-order valence-corrected chi connectivity index (χ0v) is 15.8. The van der Waals surface area contributed by atoms with E-state index in [-0.39, 0.29) is 29.5 Å². The van der Waals surface area contributed by atoms with Gasteiger partial charge < -0.3 is 15.5 Å². The second-order valence-electron chi connectivity index (χ2n) is 7.44. The Labute approximate surface area is 166 Å². The van der Waals surface area contributed by atoms with Gasteiger partial charge in [-0.2, -0.15) is 0 Å². The summed E-state index contributed by atoms with van der Waals surface area (Å²) in [5.41, 5.74) is 1.27. The molecule has 1 saturated heterocycles. The SMILES string of the molecule is O=c1c2nc(-c3cccc(F)c3)ccc2ncn1CC(O)CC1NCCC[C@@H]1O. The fourth-order valence-corrected chi connectivity index (χ4v) is 3.74. The maximum Gasteiger partial charge on any atom is 0.279 e. The zero-order valence-electron chi connectivity index (χ0n) is 15.8. The molecule has 1 aliphatic heterocycles. The van der Waals surface area contributed by atoms with Crippen LogP contribution in [0.4, 0.5) is 4.39 Å². The van der Waals surface area contributed by atoms with E-state index in [2.05, 4.69) is 15.3 Å². The molecule has 4 rings (SSSR count). The number of rotatable bonds is 5. The number of hydrogen-bond acceptors (Lipinski definition) is 6. The lowest BCUT2D eigenvalue weighted by Gasteiger charge is -2.30. The summed E-state index contributed by atoms with van der Waals surface area (Å²) in [5.74, 6) is -0.380. The summed E-state index contributed by atoms with van der Waals surface area (Å²) in [4.78, 5) is 21.5. The standard InChI is InChI=1S/C21H23FN4O3/c22-14-4-1-3-13(9-14)16-6-7-17-20(25-16)21(29)26(12-24-17)11-15(27)10-18-19(28)5-2-8-23-18/h1,3-4,6-7,9,12,15,18-19,23,27-28H,2,5,8,10-11H2/t15?,18?,19-/m0/s1. The van der Waals surface area contributed by atoms with Gasteiger partial charge in [0.2, 0.25) is 0 Å². The molecule has 7 nitrogen and oxygen atoms in total. The molecule has 8 heteroatoms. The van der Waals surface area contributed by atoms with Gasteiger partial charge in [-0.25, -0.2) is 14.4 Å². The van der Waals surface area contributed by atoms with Crippen molar-refractivity contribution >= 4 is 11.0 Å². The Balaban J connectivity index is 1.58. The maximum atomic E-state index is 13.5. The molecule has 1 aromatic carbocycles. The summed E-state index contributed by atoms with van der Waals surface area (Å²) < 4.78 is 14.8. The number of piperidine rings is 1. The van der Waals surface area contributed by atoms with Crippen LogP contribution in [-0.2, 0) is 6.54 Å². The number of aliphatic hydroxyl groups is 2. The Morgan fingerprint density at radius 1 is 1.31 bits per heavy atom. The molecular formula is C21H23FN4O3. The number of aliphatic hydroxyl groups excluding tert-OH is 2. The highest BCUT2D eigenvalue weighted by Crippen LogP contribution is 2.20. The van der Waals surface area contributed by atoms with Crippen molar-refractivity contribution < 1.29 is 14.6 Å². The van der Waals surface area contributed by atoms with Crippen molar-refractivity contribution in [2.75, 3.05) is 6.54 Å². The van der Waals surface area contributed by atoms with Crippen molar-refractivity contribution in [3.05, 3.63) is 58.9 Å². The Morgan fingerprint density at radius 3 is 2.97 bits per heavy atom. The molecule has 0 aliphatic carbocycles. The van der Waals surface area contributed by atoms with Gasteiger partial charge in [-0.3, -0.25) is 9.36 Å². The number of pyridine rings is 1. The van der Waals surface area contributed by atoms with Crippen molar-refractivity contribution in [3.63, 3.8) is 0 Å². The molecule has 3 aromatic rings. The van der Waals surface area contributed by atoms with Gasteiger partial charge in [0, 0.05) is 11.6 Å². The van der Waals surface area contributed by atoms with E-state index in [9.17, 15) is 19.4 Å². The summed E-state index contributed by atoms with van der Waals surface area (Å²) >= 11 is 0. The predicted molar refractivity (Wildman–Crippen MR) is 107 cm³/mol. The number of halogens is 1. The molecule has 0 saturated carbocycles. The molecule has 0 amide bonds.